The molecule has 1 aliphatic heterocycles. The predicted octanol–water partition coefficient (Wildman–Crippen LogP) is 0.886. The first-order chi connectivity index (χ1) is 12.0. The van der Waals surface area contributed by atoms with Crippen LogP contribution in [0.1, 0.15) is 37.3 Å². The standard InChI is InChI=1S/C17H22N4O4/c1-2-19-17(18)12-5-3-11(4-6-12)14-9-13(25-21-14)10-15(22)20-8-7-16(23)24/h3-6,13H,2,7-10H2,1H3,(H2,18,19)(H,20,22)(H,23,24)/t13-/m1/s1. The van der Waals surface area contributed by atoms with E-state index in [9.17, 15) is 9.59 Å². The highest BCUT2D eigenvalue weighted by Crippen LogP contribution is 2.19. The highest BCUT2D eigenvalue weighted by atomic mass is 16.6. The fourth-order valence-electron chi connectivity index (χ4n) is 2.39. The number of carbonyl (C=O) groups is 2. The normalized spacial score (nSPS) is 16.9. The summed E-state index contributed by atoms with van der Waals surface area (Å²) in [5, 5.41) is 15.1. The summed E-state index contributed by atoms with van der Waals surface area (Å²) in [4.78, 5) is 31.6. The summed E-state index contributed by atoms with van der Waals surface area (Å²) in [6.07, 6.45) is 0.215. The molecule has 0 saturated carbocycles. The molecule has 0 radical (unpaired) electrons. The Labute approximate surface area is 145 Å². The summed E-state index contributed by atoms with van der Waals surface area (Å²) < 4.78 is 0. The first-order valence-corrected chi connectivity index (χ1v) is 8.11. The third-order valence-electron chi connectivity index (χ3n) is 3.65. The van der Waals surface area contributed by atoms with Crippen molar-refractivity contribution in [1.29, 1.82) is 0 Å². The molecule has 0 saturated heterocycles. The van der Waals surface area contributed by atoms with E-state index < -0.39 is 5.97 Å². The summed E-state index contributed by atoms with van der Waals surface area (Å²) in [5.74, 6) is -0.702. The van der Waals surface area contributed by atoms with Crippen LogP contribution in [0.3, 0.4) is 0 Å². The Kier molecular flexibility index (Phi) is 6.50. The van der Waals surface area contributed by atoms with Crippen LogP contribution in [0.25, 0.3) is 0 Å². The van der Waals surface area contributed by atoms with Crippen molar-refractivity contribution in [3.8, 4) is 0 Å². The molecule has 2 rings (SSSR count). The number of carboxylic acid groups (broad SMARTS) is 1. The third kappa shape index (κ3) is 5.59. The lowest BCUT2D eigenvalue weighted by Crippen LogP contribution is -2.29. The predicted molar refractivity (Wildman–Crippen MR) is 93.6 cm³/mol. The van der Waals surface area contributed by atoms with Crippen LogP contribution < -0.4 is 11.1 Å². The smallest absolute Gasteiger partial charge is 0.305 e. The van der Waals surface area contributed by atoms with Gasteiger partial charge in [0.15, 0.2) is 0 Å². The molecule has 8 heteroatoms. The molecule has 134 valence electrons. The van der Waals surface area contributed by atoms with Gasteiger partial charge in [-0.05, 0) is 12.5 Å². The van der Waals surface area contributed by atoms with E-state index in [1.165, 1.54) is 0 Å². The van der Waals surface area contributed by atoms with Gasteiger partial charge in [-0.2, -0.15) is 0 Å². The number of hydrogen-bond acceptors (Lipinski definition) is 5. The lowest BCUT2D eigenvalue weighted by atomic mass is 10.0. The van der Waals surface area contributed by atoms with Gasteiger partial charge in [-0.3, -0.25) is 14.6 Å². The maximum atomic E-state index is 11.7. The lowest BCUT2D eigenvalue weighted by Gasteiger charge is -2.08. The summed E-state index contributed by atoms with van der Waals surface area (Å²) in [6.45, 7) is 2.66. The van der Waals surface area contributed by atoms with Crippen molar-refractivity contribution in [3.63, 3.8) is 0 Å². The molecular weight excluding hydrogens is 324 g/mol. The number of nitrogens with zero attached hydrogens (tertiary/aromatic N) is 2. The van der Waals surface area contributed by atoms with Gasteiger partial charge in [0.1, 0.15) is 11.9 Å². The van der Waals surface area contributed by atoms with Gasteiger partial charge in [0.2, 0.25) is 5.91 Å². The van der Waals surface area contributed by atoms with Crippen LogP contribution in [0.5, 0.6) is 0 Å². The Balaban J connectivity index is 1.84. The van der Waals surface area contributed by atoms with Gasteiger partial charge in [-0.25, -0.2) is 0 Å². The average molecular weight is 346 g/mol. The van der Waals surface area contributed by atoms with Crippen LogP contribution in [0.2, 0.25) is 0 Å². The zero-order chi connectivity index (χ0) is 18.2. The topological polar surface area (TPSA) is 126 Å². The first kappa shape index (κ1) is 18.4. The van der Waals surface area contributed by atoms with Crippen LogP contribution >= 0.6 is 0 Å². The fraction of sp³-hybridized carbons (Fsp3) is 0.412. The van der Waals surface area contributed by atoms with E-state index in [0.29, 0.717) is 18.8 Å². The van der Waals surface area contributed by atoms with Crippen LogP contribution in [0.15, 0.2) is 34.4 Å². The summed E-state index contributed by atoms with van der Waals surface area (Å²) in [5.41, 5.74) is 8.37. The lowest BCUT2D eigenvalue weighted by molar-refractivity contribution is -0.136. The maximum Gasteiger partial charge on any atom is 0.305 e. The zero-order valence-electron chi connectivity index (χ0n) is 14.1. The largest absolute Gasteiger partial charge is 0.481 e. The van der Waals surface area contributed by atoms with Gasteiger partial charge < -0.3 is 21.0 Å². The van der Waals surface area contributed by atoms with E-state index in [2.05, 4.69) is 15.5 Å². The molecule has 0 spiro atoms. The number of nitrogens with one attached hydrogen (secondary N) is 1. The minimum Gasteiger partial charge on any atom is -0.481 e. The van der Waals surface area contributed by atoms with E-state index in [1.807, 2.05) is 31.2 Å². The van der Waals surface area contributed by atoms with Crippen LogP contribution in [-0.2, 0) is 14.4 Å². The van der Waals surface area contributed by atoms with Gasteiger partial charge in [0.05, 0.1) is 18.6 Å². The van der Waals surface area contributed by atoms with Crippen molar-refractivity contribution in [3.05, 3.63) is 35.4 Å². The monoisotopic (exact) mass is 346 g/mol. The molecule has 1 heterocycles. The average Bonchev–Trinajstić information content (AvgIpc) is 3.03. The van der Waals surface area contributed by atoms with Gasteiger partial charge in [-0.15, -0.1) is 0 Å². The van der Waals surface area contributed by atoms with Gasteiger partial charge >= 0.3 is 5.97 Å². The Morgan fingerprint density at radius 3 is 2.76 bits per heavy atom. The van der Waals surface area contributed by atoms with Crippen LogP contribution in [0, 0.1) is 0 Å². The van der Waals surface area contributed by atoms with Crippen molar-refractivity contribution < 1.29 is 19.5 Å². The number of nitrogens with two attached hydrogens (primary N) is 1. The number of hydrogen-bond donors (Lipinski definition) is 3. The maximum absolute atomic E-state index is 11.7. The molecule has 1 amide bonds. The highest BCUT2D eigenvalue weighted by molar-refractivity contribution is 6.03. The van der Waals surface area contributed by atoms with E-state index in [0.717, 1.165) is 16.8 Å². The molecule has 1 aromatic rings. The number of aliphatic carboxylic acids is 1. The highest BCUT2D eigenvalue weighted by Gasteiger charge is 2.24. The third-order valence-corrected chi connectivity index (χ3v) is 3.65. The molecule has 0 aliphatic carbocycles. The Hall–Kier alpha value is -2.90. The van der Waals surface area contributed by atoms with Gasteiger partial charge in [0.25, 0.3) is 0 Å². The molecule has 25 heavy (non-hydrogen) atoms. The Bertz CT molecular complexity index is 682. The zero-order valence-corrected chi connectivity index (χ0v) is 14.1. The van der Waals surface area contributed by atoms with Crippen LogP contribution in [-0.4, -0.2) is 47.7 Å². The second kappa shape index (κ2) is 8.81. The Morgan fingerprint density at radius 1 is 1.40 bits per heavy atom. The van der Waals surface area contributed by atoms with E-state index >= 15 is 0 Å². The molecular formula is C17H22N4O4. The quantitative estimate of drug-likeness (QED) is 0.476. The van der Waals surface area contributed by atoms with Crippen molar-refractivity contribution in [2.75, 3.05) is 13.1 Å². The second-order valence-corrected chi connectivity index (χ2v) is 5.60. The van der Waals surface area contributed by atoms with Crippen molar-refractivity contribution in [2.45, 2.75) is 32.3 Å². The van der Waals surface area contributed by atoms with E-state index in [1.54, 1.807) is 0 Å². The molecule has 1 aromatic carbocycles. The number of amides is 1. The van der Waals surface area contributed by atoms with Crippen molar-refractivity contribution >= 4 is 23.4 Å². The number of rotatable bonds is 8. The Morgan fingerprint density at radius 2 is 2.12 bits per heavy atom. The minimum atomic E-state index is -0.948. The SMILES string of the molecule is CCN=C(N)c1ccc(C2=NO[C@@H](CC(=O)NCCC(=O)O)C2)cc1. The molecule has 4 N–H and O–H groups in total. The summed E-state index contributed by atoms with van der Waals surface area (Å²) in [6, 6.07) is 7.53. The number of benzene rings is 1. The van der Waals surface area contributed by atoms with Crippen molar-refractivity contribution in [2.24, 2.45) is 15.9 Å². The fourth-order valence-corrected chi connectivity index (χ4v) is 2.39. The van der Waals surface area contributed by atoms with E-state index in [-0.39, 0.29) is 31.4 Å². The van der Waals surface area contributed by atoms with Gasteiger partial charge in [-0.1, -0.05) is 29.4 Å². The molecule has 0 aromatic heterocycles. The van der Waals surface area contributed by atoms with E-state index in [4.69, 9.17) is 15.7 Å². The number of amidine groups is 1. The van der Waals surface area contributed by atoms with Gasteiger partial charge in [0, 0.05) is 25.1 Å². The number of oxime groups is 1. The number of aliphatic imine (C=N–C) groups is 1. The molecule has 1 atom stereocenters. The molecule has 8 nitrogen and oxygen atoms in total. The summed E-state index contributed by atoms with van der Waals surface area (Å²) >= 11 is 0. The second-order valence-electron chi connectivity index (χ2n) is 5.60. The molecule has 1 aliphatic rings. The van der Waals surface area contributed by atoms with Crippen molar-refractivity contribution in [1.82, 2.24) is 5.32 Å². The number of carboxylic acids is 1. The molecule has 0 bridgehead atoms. The first-order valence-electron chi connectivity index (χ1n) is 8.11. The van der Waals surface area contributed by atoms with Crippen LogP contribution in [0.4, 0.5) is 0 Å². The molecule has 0 fully saturated rings. The molecule has 0 unspecified atom stereocenters. The minimum absolute atomic E-state index is 0.101. The summed E-state index contributed by atoms with van der Waals surface area (Å²) in [7, 11) is 0. The number of carbonyl (C=O) groups excluding carboxylic acids is 1.